The Balaban J connectivity index is 2.38. The maximum Gasteiger partial charge on any atom is 0.373 e. The summed E-state index contributed by atoms with van der Waals surface area (Å²) in [4.78, 5) is 6.51. The van der Waals surface area contributed by atoms with Crippen LogP contribution in [0.15, 0.2) is 22.7 Å². The third kappa shape index (κ3) is 2.49. The van der Waals surface area contributed by atoms with E-state index < -0.39 is 0 Å². The van der Waals surface area contributed by atoms with E-state index in [1.165, 1.54) is 0 Å². The topological polar surface area (TPSA) is 58.7 Å². The molecule has 0 aliphatic rings. The summed E-state index contributed by atoms with van der Waals surface area (Å²) in [6.45, 7) is 4.30. The van der Waals surface area contributed by atoms with E-state index in [2.05, 4.69) is 16.8 Å². The number of pyridine rings is 1. The lowest BCUT2D eigenvalue weighted by Crippen LogP contribution is -2.27. The number of hydrogen-bond donors (Lipinski definition) is 1. The highest BCUT2D eigenvalue weighted by Crippen LogP contribution is 2.23. The molecule has 0 amide bonds. The Hall–Kier alpha value is -1.53. The van der Waals surface area contributed by atoms with Crippen molar-refractivity contribution >= 4 is 29.9 Å². The lowest BCUT2D eigenvalue weighted by molar-refractivity contribution is 0.205. The Morgan fingerprint density at radius 2 is 2.39 bits per heavy atom. The predicted molar refractivity (Wildman–Crippen MR) is 71.4 cm³/mol. The van der Waals surface area contributed by atoms with E-state index in [0.717, 1.165) is 37.4 Å². The van der Waals surface area contributed by atoms with Crippen LogP contribution in [-0.4, -0.2) is 44.3 Å². The van der Waals surface area contributed by atoms with Crippen molar-refractivity contribution in [2.75, 3.05) is 31.7 Å². The average molecular weight is 247 g/mol. The van der Waals surface area contributed by atoms with Crippen molar-refractivity contribution in [3.63, 3.8) is 0 Å². The van der Waals surface area contributed by atoms with Crippen LogP contribution in [0.4, 0.5) is 5.82 Å². The summed E-state index contributed by atoms with van der Waals surface area (Å²) in [7, 11) is 2.63. The summed E-state index contributed by atoms with van der Waals surface area (Å²) in [6, 6.07) is 3.57. The number of likely N-dealkylation sites (N-methyl/N-ethyl adjacent to an activating group) is 1. The van der Waals surface area contributed by atoms with Crippen LogP contribution < -0.4 is 10.6 Å². The van der Waals surface area contributed by atoms with Gasteiger partial charge in [-0.1, -0.05) is 0 Å². The van der Waals surface area contributed by atoms with Crippen LogP contribution in [0.5, 0.6) is 0 Å². The monoisotopic (exact) mass is 247 g/mol. The highest BCUT2D eigenvalue weighted by molar-refractivity contribution is 6.44. The minimum Gasteiger partial charge on any atom is -0.468 e. The fourth-order valence-corrected chi connectivity index (χ4v) is 1.90. The summed E-state index contributed by atoms with van der Waals surface area (Å²) >= 11 is 0. The largest absolute Gasteiger partial charge is 0.468 e. The Kier molecular flexibility index (Phi) is 4.22. The molecule has 6 heteroatoms. The molecule has 2 heterocycles. The summed E-state index contributed by atoms with van der Waals surface area (Å²) in [6.07, 6.45) is 1.71. The Labute approximate surface area is 107 Å². The van der Waals surface area contributed by atoms with Crippen molar-refractivity contribution < 1.29 is 14.2 Å². The quantitative estimate of drug-likeness (QED) is 0.755. The second kappa shape index (κ2) is 5.88. The summed E-state index contributed by atoms with van der Waals surface area (Å²) in [5.41, 5.74) is 1.15. The minimum atomic E-state index is 0.432. The summed E-state index contributed by atoms with van der Waals surface area (Å²) < 4.78 is 10.5. The van der Waals surface area contributed by atoms with Crippen LogP contribution in [0.2, 0.25) is 0 Å². The van der Waals surface area contributed by atoms with Gasteiger partial charge < -0.3 is 19.1 Å². The summed E-state index contributed by atoms with van der Waals surface area (Å²) in [5.74, 6) is 0.851. The maximum absolute atomic E-state index is 8.99. The SMILES string of the molecule is CCN(CCOC)c1nccc2oc([B]O)cc12. The van der Waals surface area contributed by atoms with Crippen molar-refractivity contribution in [3.8, 4) is 0 Å². The lowest BCUT2D eigenvalue weighted by atomic mass is 9.98. The molecule has 2 rings (SSSR count). The zero-order valence-corrected chi connectivity index (χ0v) is 10.6. The van der Waals surface area contributed by atoms with Gasteiger partial charge in [0.15, 0.2) is 0 Å². The number of fused-ring (bicyclic) bond motifs is 1. The van der Waals surface area contributed by atoms with Gasteiger partial charge in [-0.05, 0) is 19.1 Å². The zero-order chi connectivity index (χ0) is 13.0. The average Bonchev–Trinajstić information content (AvgIpc) is 2.83. The second-order valence-electron chi connectivity index (χ2n) is 3.90. The molecule has 2 aromatic heterocycles. The van der Waals surface area contributed by atoms with Crippen LogP contribution >= 0.6 is 0 Å². The van der Waals surface area contributed by atoms with Gasteiger partial charge in [0.2, 0.25) is 0 Å². The van der Waals surface area contributed by atoms with Crippen LogP contribution in [0, 0.1) is 0 Å². The molecule has 2 aromatic rings. The second-order valence-corrected chi connectivity index (χ2v) is 3.90. The van der Waals surface area contributed by atoms with Crippen LogP contribution in [0.3, 0.4) is 0 Å². The van der Waals surface area contributed by atoms with E-state index in [0.29, 0.717) is 12.3 Å². The molecule has 0 saturated carbocycles. The van der Waals surface area contributed by atoms with Gasteiger partial charge in [0, 0.05) is 26.4 Å². The summed E-state index contributed by atoms with van der Waals surface area (Å²) in [5, 5.41) is 9.89. The number of ether oxygens (including phenoxy) is 1. The van der Waals surface area contributed by atoms with Gasteiger partial charge in [-0.25, -0.2) is 4.98 Å². The lowest BCUT2D eigenvalue weighted by Gasteiger charge is -2.21. The number of furan rings is 1. The van der Waals surface area contributed by atoms with Gasteiger partial charge in [0.1, 0.15) is 11.4 Å². The molecule has 0 bridgehead atoms. The predicted octanol–water partition coefficient (Wildman–Crippen LogP) is 0.537. The van der Waals surface area contributed by atoms with Gasteiger partial charge in [-0.15, -0.1) is 0 Å². The Morgan fingerprint density at radius 1 is 1.56 bits per heavy atom. The molecule has 1 N–H and O–H groups in total. The number of aromatic nitrogens is 1. The molecular weight excluding hydrogens is 231 g/mol. The molecule has 1 radical (unpaired) electrons. The Bertz CT molecular complexity index is 515. The van der Waals surface area contributed by atoms with Crippen molar-refractivity contribution in [2.24, 2.45) is 0 Å². The first kappa shape index (κ1) is 12.9. The number of hydrogen-bond acceptors (Lipinski definition) is 5. The van der Waals surface area contributed by atoms with Crippen molar-refractivity contribution in [1.29, 1.82) is 0 Å². The van der Waals surface area contributed by atoms with E-state index in [4.69, 9.17) is 14.2 Å². The van der Waals surface area contributed by atoms with E-state index in [1.807, 2.05) is 0 Å². The number of anilines is 1. The minimum absolute atomic E-state index is 0.432. The van der Waals surface area contributed by atoms with Gasteiger partial charge >= 0.3 is 7.48 Å². The molecule has 0 saturated heterocycles. The molecule has 0 unspecified atom stereocenters. The molecule has 5 nitrogen and oxygen atoms in total. The van der Waals surface area contributed by atoms with Crippen molar-refractivity contribution in [2.45, 2.75) is 6.92 Å². The normalized spacial score (nSPS) is 10.8. The van der Waals surface area contributed by atoms with E-state index in [1.54, 1.807) is 25.4 Å². The maximum atomic E-state index is 8.99. The molecule has 18 heavy (non-hydrogen) atoms. The fourth-order valence-electron chi connectivity index (χ4n) is 1.90. The van der Waals surface area contributed by atoms with Gasteiger partial charge in [0.05, 0.1) is 17.7 Å². The van der Waals surface area contributed by atoms with Crippen LogP contribution in [0.25, 0.3) is 11.0 Å². The first-order valence-corrected chi connectivity index (χ1v) is 5.90. The van der Waals surface area contributed by atoms with Gasteiger partial charge in [-0.2, -0.15) is 0 Å². The highest BCUT2D eigenvalue weighted by atomic mass is 16.5. The molecular formula is C12H16BN2O3. The van der Waals surface area contributed by atoms with Crippen LogP contribution in [-0.2, 0) is 4.74 Å². The molecule has 95 valence electrons. The van der Waals surface area contributed by atoms with Crippen LogP contribution in [0.1, 0.15) is 6.92 Å². The van der Waals surface area contributed by atoms with Crippen molar-refractivity contribution in [1.82, 2.24) is 4.98 Å². The number of rotatable bonds is 6. The highest BCUT2D eigenvalue weighted by Gasteiger charge is 2.13. The molecule has 0 fully saturated rings. The third-order valence-electron chi connectivity index (χ3n) is 2.82. The van der Waals surface area contributed by atoms with Gasteiger partial charge in [-0.3, -0.25) is 0 Å². The molecule has 0 aliphatic carbocycles. The molecule has 0 aromatic carbocycles. The standard InChI is InChI=1S/C12H16BN2O3/c1-3-15(6-7-17-2)12-9-8-11(13-16)18-10(9)4-5-14-12/h4-5,8,16H,3,6-7H2,1-2H3. The fraction of sp³-hybridized carbons (Fsp3) is 0.417. The van der Waals surface area contributed by atoms with E-state index >= 15 is 0 Å². The third-order valence-corrected chi connectivity index (χ3v) is 2.82. The first-order chi connectivity index (χ1) is 8.80. The van der Waals surface area contributed by atoms with Gasteiger partial charge in [0.25, 0.3) is 0 Å². The van der Waals surface area contributed by atoms with E-state index in [-0.39, 0.29) is 0 Å². The molecule has 0 spiro atoms. The molecule has 0 atom stereocenters. The molecule has 0 aliphatic heterocycles. The first-order valence-electron chi connectivity index (χ1n) is 5.90. The van der Waals surface area contributed by atoms with Crippen molar-refractivity contribution in [3.05, 3.63) is 18.3 Å². The zero-order valence-electron chi connectivity index (χ0n) is 10.6. The number of nitrogens with zero attached hydrogens (tertiary/aromatic N) is 2. The smallest absolute Gasteiger partial charge is 0.373 e. The number of methoxy groups -OCH3 is 1. The van der Waals surface area contributed by atoms with E-state index in [9.17, 15) is 0 Å². The Morgan fingerprint density at radius 3 is 3.06 bits per heavy atom.